The molecule has 1 saturated heterocycles. The van der Waals surface area contributed by atoms with Crippen LogP contribution < -0.4 is 11.1 Å². The lowest BCUT2D eigenvalue weighted by atomic mass is 9.61. The molecular weight excluding hydrogens is 1280 g/mol. The molecule has 514 valence electrons. The number of hydrogen-bond donors (Lipinski definition) is 3. The molecule has 7 fully saturated rings. The van der Waals surface area contributed by atoms with Crippen LogP contribution in [0, 0.1) is 101 Å². The molecule has 2 aromatic carbocycles. The molecule has 6 saturated carbocycles. The van der Waals surface area contributed by atoms with Crippen molar-refractivity contribution in [3.8, 4) is 11.4 Å². The second-order valence-corrected chi connectivity index (χ2v) is 24.8. The Bertz CT molecular complexity index is 6100. The number of ketones is 3. The van der Waals surface area contributed by atoms with Crippen molar-refractivity contribution in [1.29, 1.82) is 0 Å². The number of halogens is 2. The number of Topliss-reactive ketones (excluding diaryl/α,β-unsaturated/α-hetero) is 3. The van der Waals surface area contributed by atoms with Gasteiger partial charge in [-0.15, -0.1) is 0 Å². The first-order valence-electron chi connectivity index (χ1n) is 48.9. The molecule has 4 heterocycles. The summed E-state index contributed by atoms with van der Waals surface area (Å²) in [5.74, 6) is -41.0. The molecule has 0 radical (unpaired) electrons. The van der Waals surface area contributed by atoms with Crippen molar-refractivity contribution < 1.29 is 124 Å². The maximum Gasteiger partial charge on any atom is 0.407 e. The number of benzene rings is 2. The van der Waals surface area contributed by atoms with Gasteiger partial charge in [0.05, 0.1) is 59.6 Å². The monoisotopic (exact) mass is 1410 g/mol. The largest absolute Gasteiger partial charge is 0.481 e. The Hall–Kier alpha value is -8.28. The summed E-state index contributed by atoms with van der Waals surface area (Å²) >= 11 is 0. The number of pyridine rings is 1. The average Bonchev–Trinajstić information content (AvgIpc) is 1.61. The minimum Gasteiger partial charge on any atom is -0.481 e. The second-order valence-electron chi connectivity index (χ2n) is 21.7. The molecule has 1 amide bonds. The lowest BCUT2D eigenvalue weighted by molar-refractivity contribution is -0.154. The smallest absolute Gasteiger partial charge is 0.407 e. The van der Waals surface area contributed by atoms with E-state index in [-0.39, 0.29) is 38.9 Å². The predicted molar refractivity (Wildman–Crippen MR) is 359 cm³/mol. The summed E-state index contributed by atoms with van der Waals surface area (Å²) < 4.78 is 392. The van der Waals surface area contributed by atoms with Crippen LogP contribution in [-0.4, -0.2) is 96.3 Å². The van der Waals surface area contributed by atoms with E-state index in [0.717, 1.165) is 48.8 Å². The summed E-state index contributed by atoms with van der Waals surface area (Å²) in [5, 5.41) is 11.4. The first-order chi connectivity index (χ1) is 61.9. The van der Waals surface area contributed by atoms with E-state index < -0.39 is 306 Å². The number of fused-ring (bicyclic) bond motifs is 9. The number of hydrogen-bond acceptors (Lipinski definition) is 16. The Morgan fingerprint density at radius 3 is 1.87 bits per heavy atom. The number of aliphatic carboxylic acids is 1. The molecule has 4 N–H and O–H groups in total. The molecule has 1 aliphatic heterocycles. The van der Waals surface area contributed by atoms with Crippen molar-refractivity contribution >= 4 is 73.2 Å². The van der Waals surface area contributed by atoms with E-state index in [1.807, 2.05) is 6.92 Å². The van der Waals surface area contributed by atoms with Crippen molar-refractivity contribution in [1.82, 2.24) is 24.2 Å². The molecule has 14 aliphatic rings. The Morgan fingerprint density at radius 1 is 0.742 bits per heavy atom. The van der Waals surface area contributed by atoms with Crippen LogP contribution in [0.2, 0.25) is 0 Å². The number of carboxylic acids is 1. The van der Waals surface area contributed by atoms with Gasteiger partial charge in [0.2, 0.25) is 0 Å². The van der Waals surface area contributed by atoms with Gasteiger partial charge in [0, 0.05) is 94.4 Å². The summed E-state index contributed by atoms with van der Waals surface area (Å²) in [4.78, 5) is 95.4. The summed E-state index contributed by atoms with van der Waals surface area (Å²) in [7, 11) is -5.82. The SMILES string of the molecule is Cc1ccc(S(=O)(=O)n2cc(-c3ncc(F)c(S(C)=O)n3)c3cc(F)cnc32)cc1.[2H]C1=C([2H])C([2H])([2H])C([2H])([2H])C([2H])=C1[2H].[2H]C1=C([2H])C2([2H])[C@H]3C(=O)OC(=O)[C@H]3C1([2H])C([2H])([2H])C2([2H])[2H].[2H]C1=C([2H])[C@]2([2H])[C@H](C(=O)O)[C@@H](C(C)=O)C1([2H])C([2H])([2H])C2([2H])[2H].[2H]C1=C([2H])[C@]2([2H])[C@H](NC(=O)OCc3ccccc3)[C@@H](C(C)=O)C1([2H])C([2H])([2H])C2([2H])[2H].[2H]C1C([2H])C2([2H])[C@H](C(C)=O)[C@@H](N)C1([2H])C([2H])([2H])C2([2H])[2H]. The van der Waals surface area contributed by atoms with Crippen molar-refractivity contribution in [3.05, 3.63) is 163 Å². The van der Waals surface area contributed by atoms with E-state index in [9.17, 15) is 60.1 Å². The third-order valence-corrected chi connectivity index (χ3v) is 17.7. The van der Waals surface area contributed by atoms with Crippen LogP contribution in [0.15, 0.2) is 150 Å². The Kier molecular flexibility index (Phi) is 11.7. The van der Waals surface area contributed by atoms with Gasteiger partial charge in [-0.2, -0.15) is 0 Å². The molecule has 8 bridgehead atoms. The fourth-order valence-corrected chi connectivity index (χ4v) is 12.5. The van der Waals surface area contributed by atoms with Crippen LogP contribution in [0.3, 0.4) is 0 Å². The van der Waals surface area contributed by atoms with Crippen molar-refractivity contribution in [2.75, 3.05) is 6.26 Å². The number of aromatic nitrogens is 4. The summed E-state index contributed by atoms with van der Waals surface area (Å²) in [6, 6.07) is 3.59. The lowest BCUT2D eigenvalue weighted by Gasteiger charge is -2.46. The zero-order chi connectivity index (χ0) is 105. The van der Waals surface area contributed by atoms with Gasteiger partial charge >= 0.3 is 24.0 Å². The van der Waals surface area contributed by atoms with Gasteiger partial charge in [-0.05, 0) is 175 Å². The second kappa shape index (κ2) is 31.5. The molecule has 97 heavy (non-hydrogen) atoms. The minimum absolute atomic E-state index is 0.0121. The van der Waals surface area contributed by atoms with E-state index in [4.69, 9.17) is 65.3 Å². The van der Waals surface area contributed by atoms with E-state index in [1.54, 1.807) is 42.5 Å². The number of alkyl carbamates (subject to hydrolysis) is 1. The van der Waals surface area contributed by atoms with Gasteiger partial charge in [0.25, 0.3) is 10.0 Å². The number of nitrogens with one attached hydrogen (secondary N) is 1. The van der Waals surface area contributed by atoms with E-state index >= 15 is 0 Å². The van der Waals surface area contributed by atoms with Crippen LogP contribution in [0.5, 0.6) is 0 Å². The molecule has 19 atom stereocenters. The molecule has 9 unspecified atom stereocenters. The van der Waals surface area contributed by atoms with Gasteiger partial charge in [-0.1, -0.05) is 109 Å². The first-order valence-corrected chi connectivity index (χ1v) is 31.8. The molecule has 19 rings (SSSR count). The highest BCUT2D eigenvalue weighted by molar-refractivity contribution is 7.90. The number of allylic oxidation sites excluding steroid dienone is 9. The number of aryl methyl sites for hydroxylation is 1. The maximum atomic E-state index is 13.9. The molecule has 23 heteroatoms. The predicted octanol–water partition coefficient (Wildman–Crippen LogP) is 11.8. The molecule has 19 nitrogen and oxygen atoms in total. The van der Waals surface area contributed by atoms with Crippen LogP contribution in [-0.2, 0) is 65.7 Å². The fourth-order valence-electron chi connectivity index (χ4n) is 10.6. The third-order valence-electron chi connectivity index (χ3n) is 15.2. The van der Waals surface area contributed by atoms with Crippen LogP contribution >= 0.6 is 0 Å². The van der Waals surface area contributed by atoms with Gasteiger partial charge in [0.1, 0.15) is 29.8 Å². The molecule has 3 aromatic heterocycles. The maximum absolute atomic E-state index is 13.9. The van der Waals surface area contributed by atoms with Gasteiger partial charge in [0.15, 0.2) is 22.3 Å². The Morgan fingerprint density at radius 2 is 1.28 bits per heavy atom. The van der Waals surface area contributed by atoms with Crippen molar-refractivity contribution in [2.45, 2.75) is 133 Å². The van der Waals surface area contributed by atoms with Crippen LogP contribution in [0.1, 0.15) is 163 Å². The van der Waals surface area contributed by atoms with Gasteiger partial charge in [-0.3, -0.25) is 33.0 Å². The van der Waals surface area contributed by atoms with E-state index in [1.165, 1.54) is 24.6 Å². The molecular formula is C74H84F2N6O13S2. The number of ether oxygens (including phenoxy) is 2. The number of cyclic esters (lactones) is 2. The first kappa shape index (κ1) is 36.0. The van der Waals surface area contributed by atoms with E-state index in [0.29, 0.717) is 5.56 Å². The number of nitrogens with zero attached hydrogens (tertiary/aromatic N) is 4. The number of carbonyl (C=O) groups is 7. The number of esters is 2. The summed E-state index contributed by atoms with van der Waals surface area (Å²) in [6.07, 6.45) is -30.5. The normalized spacial score (nSPS) is 49.2. The highest BCUT2D eigenvalue weighted by Crippen LogP contribution is 2.50. The zero-order valence-electron chi connectivity index (χ0n) is 91.3. The molecule has 5 aromatic rings. The standard InChI is InChI=1S/C19H14F2N4O3S2.C18H21NO3.C11H14O3.C10H17NO.C10H10O3.C6H8/c1-11-3-5-13(6-4-11)30(27,28)25-10-15(14-7-12(20)8-23-18(14)25)17-22-9-16(21)19(24-17)29(2)26;1-12(20)16-14-7-9-15(10-8-14)17(16)19-18(21)22-11-13-5-3-2-4-6-13;1-6(12)9-7-2-4-8(5-3-7)10(9)11(13)14;1-6(12)9-7-2-4-8(5-3-7)10(9)11;11-9-7-5-1-2-6(4-3-5)8(7)10(12)13-9;1-2-4-6-5-3-1/h3-10H,1-2H3;2-7,9,14-17H,8,10-11H2,1H3,(H,19,21);2,4,7-10H,3,5H2,1H3,(H,13,14);7-10H,2-5,11H2,1H3;1-2,5-8H,3-4H2;1-4H,5-6H2/t;14?,15-,16-,17-;7?,8-,9-,10-;7?,8?,9-,10-;5?,6?,7-,8+;/m.000../s1/i;7D,8D2,9D,10D2,14D,15D;2*2D,3D2,4D,5D2,7D,8D;1D,2D,3D2,4D2,5D,6D;1D,2D,3D,4D,5D2,6D2/t;2m;2?,4?,7?,8?,9-,10-;m;. The average molecular weight is 1410 g/mol. The molecule has 13 aliphatic carbocycles. The Labute approximate surface area is 622 Å². The minimum atomic E-state index is -4.07. The lowest BCUT2D eigenvalue weighted by Crippen LogP contribution is -2.54. The van der Waals surface area contributed by atoms with Gasteiger partial charge < -0.3 is 25.6 Å². The topological polar surface area (TPSA) is 291 Å². The number of rotatable bonds is 11. The molecule has 0 spiro atoms. The van der Waals surface area contributed by atoms with E-state index in [2.05, 4.69) is 25.0 Å². The van der Waals surface area contributed by atoms with Crippen molar-refractivity contribution in [2.24, 2.45) is 88.4 Å². The highest BCUT2D eigenvalue weighted by atomic mass is 32.2. The number of carboxylic acid groups (broad SMARTS) is 1. The highest BCUT2D eigenvalue weighted by Gasteiger charge is 2.55. The third kappa shape index (κ3) is 16.3. The van der Waals surface area contributed by atoms with Gasteiger partial charge in [-0.25, -0.2) is 40.9 Å². The summed E-state index contributed by atoms with van der Waals surface area (Å²) in [6.45, 7) is 4.72. The number of carbonyl (C=O) groups excluding carboxylic acids is 6. The summed E-state index contributed by atoms with van der Waals surface area (Å²) in [5.41, 5.74) is 7.40. The zero-order valence-corrected chi connectivity index (χ0v) is 52.9. The fraction of sp³-hybridized carbons (Fsp3) is 0.459. The number of nitrogens with two attached hydrogens (primary N) is 1. The number of amides is 1. The van der Waals surface area contributed by atoms with Crippen LogP contribution in [0.25, 0.3) is 22.4 Å². The van der Waals surface area contributed by atoms with Crippen LogP contribution in [0.4, 0.5) is 13.6 Å². The van der Waals surface area contributed by atoms with Crippen molar-refractivity contribution in [3.63, 3.8) is 0 Å². The Balaban J connectivity index is 0.000000172. The quantitative estimate of drug-likeness (QED) is 0.0479.